The van der Waals surface area contributed by atoms with E-state index in [0.717, 1.165) is 48.2 Å². The van der Waals surface area contributed by atoms with Crippen LogP contribution in [0, 0.1) is 0 Å². The molecule has 1 saturated heterocycles. The molecule has 1 amide bonds. The average molecular weight is 420 g/mol. The number of benzene rings is 2. The van der Waals surface area contributed by atoms with Gasteiger partial charge in [0.05, 0.1) is 27.8 Å². The van der Waals surface area contributed by atoms with Crippen LogP contribution in [0.4, 0.5) is 0 Å². The Kier molecular flexibility index (Phi) is 5.27. The van der Waals surface area contributed by atoms with E-state index in [0.29, 0.717) is 12.5 Å². The van der Waals surface area contributed by atoms with Gasteiger partial charge in [-0.2, -0.15) is 0 Å². The quantitative estimate of drug-likeness (QED) is 0.489. The molecule has 0 radical (unpaired) electrons. The zero-order valence-corrected chi connectivity index (χ0v) is 17.8. The molecule has 5 nitrogen and oxygen atoms in total. The van der Waals surface area contributed by atoms with E-state index >= 15 is 0 Å². The van der Waals surface area contributed by atoms with Crippen molar-refractivity contribution in [2.45, 2.75) is 31.7 Å². The van der Waals surface area contributed by atoms with Crippen LogP contribution in [0.15, 0.2) is 59.0 Å². The van der Waals surface area contributed by atoms with Gasteiger partial charge in [0.2, 0.25) is 5.91 Å². The standard InChI is InChI=1S/C24H25N3O2S/c1-16(21-13-17-7-2-4-10-20(17)29-21)25-23(28)15-27-12-6-8-18(14-27)24-26-19-9-3-5-11-22(19)30-24/h2-5,7,9-11,13,16,18H,6,8,12,14-15H2,1H3,(H,25,28)/t16-,18-/m1/s1. The first-order valence-electron chi connectivity index (χ1n) is 10.5. The lowest BCUT2D eigenvalue weighted by molar-refractivity contribution is -0.123. The monoisotopic (exact) mass is 419 g/mol. The van der Waals surface area contributed by atoms with E-state index < -0.39 is 0 Å². The molecule has 5 rings (SSSR count). The summed E-state index contributed by atoms with van der Waals surface area (Å²) >= 11 is 1.78. The Labute approximate surface area is 179 Å². The van der Waals surface area contributed by atoms with Crippen LogP contribution in [0.3, 0.4) is 0 Å². The number of hydrogen-bond donors (Lipinski definition) is 1. The van der Waals surface area contributed by atoms with Crippen LogP contribution in [-0.2, 0) is 4.79 Å². The minimum Gasteiger partial charge on any atom is -0.459 e. The van der Waals surface area contributed by atoms with Crippen LogP contribution >= 0.6 is 11.3 Å². The Bertz CT molecular complexity index is 1120. The van der Waals surface area contributed by atoms with Crippen molar-refractivity contribution in [2.24, 2.45) is 0 Å². The fraction of sp³-hybridized carbons (Fsp3) is 0.333. The number of nitrogens with zero attached hydrogens (tertiary/aromatic N) is 2. The van der Waals surface area contributed by atoms with Gasteiger partial charge in [-0.1, -0.05) is 30.3 Å². The molecule has 0 unspecified atom stereocenters. The summed E-state index contributed by atoms with van der Waals surface area (Å²) in [6.45, 7) is 4.21. The molecule has 0 aliphatic carbocycles. The molecule has 1 N–H and O–H groups in total. The summed E-state index contributed by atoms with van der Waals surface area (Å²) in [5.41, 5.74) is 1.93. The summed E-state index contributed by atoms with van der Waals surface area (Å²) in [7, 11) is 0. The largest absolute Gasteiger partial charge is 0.459 e. The maximum Gasteiger partial charge on any atom is 0.234 e. The van der Waals surface area contributed by atoms with Gasteiger partial charge in [0, 0.05) is 17.8 Å². The van der Waals surface area contributed by atoms with Crippen molar-refractivity contribution in [2.75, 3.05) is 19.6 Å². The molecular weight excluding hydrogens is 394 g/mol. The second-order valence-corrected chi connectivity index (χ2v) is 9.13. The Morgan fingerprint density at radius 2 is 2.10 bits per heavy atom. The number of aromatic nitrogens is 1. The lowest BCUT2D eigenvalue weighted by atomic mass is 9.99. The van der Waals surface area contributed by atoms with E-state index in [9.17, 15) is 4.79 Å². The van der Waals surface area contributed by atoms with Gasteiger partial charge in [0.25, 0.3) is 0 Å². The third-order valence-electron chi connectivity index (χ3n) is 5.78. The molecular formula is C24H25N3O2S. The highest BCUT2D eigenvalue weighted by atomic mass is 32.1. The summed E-state index contributed by atoms with van der Waals surface area (Å²) in [4.78, 5) is 19.8. The number of para-hydroxylation sites is 2. The smallest absolute Gasteiger partial charge is 0.234 e. The second-order valence-electron chi connectivity index (χ2n) is 8.07. The minimum absolute atomic E-state index is 0.0351. The van der Waals surface area contributed by atoms with Gasteiger partial charge in [-0.25, -0.2) is 4.98 Å². The van der Waals surface area contributed by atoms with Gasteiger partial charge in [-0.05, 0) is 50.6 Å². The third-order valence-corrected chi connectivity index (χ3v) is 6.98. The first-order chi connectivity index (χ1) is 14.7. The first-order valence-corrected chi connectivity index (χ1v) is 11.3. The van der Waals surface area contributed by atoms with Gasteiger partial charge in [0.1, 0.15) is 11.3 Å². The number of nitrogens with one attached hydrogen (secondary N) is 1. The summed E-state index contributed by atoms with van der Waals surface area (Å²) in [6, 6.07) is 18.1. The molecule has 0 saturated carbocycles. The summed E-state index contributed by atoms with van der Waals surface area (Å²) in [5.74, 6) is 1.22. The fourth-order valence-electron chi connectivity index (χ4n) is 4.24. The SMILES string of the molecule is C[C@@H](NC(=O)CN1CCC[C@@H](c2nc3ccccc3s2)C1)c1cc2ccccc2o1. The van der Waals surface area contributed by atoms with Crippen LogP contribution in [0.5, 0.6) is 0 Å². The molecule has 1 aliphatic heterocycles. The normalized spacial score (nSPS) is 18.6. The van der Waals surface area contributed by atoms with Crippen molar-refractivity contribution in [3.05, 3.63) is 65.4 Å². The summed E-state index contributed by atoms with van der Waals surface area (Å²) in [6.07, 6.45) is 2.22. The van der Waals surface area contributed by atoms with Crippen molar-refractivity contribution < 1.29 is 9.21 Å². The predicted octanol–water partition coefficient (Wildman–Crippen LogP) is 5.10. The number of fused-ring (bicyclic) bond motifs is 2. The number of amides is 1. The van der Waals surface area contributed by atoms with E-state index in [1.807, 2.05) is 43.3 Å². The molecule has 2 aromatic heterocycles. The van der Waals surface area contributed by atoms with Crippen molar-refractivity contribution in [3.63, 3.8) is 0 Å². The number of rotatable bonds is 5. The predicted molar refractivity (Wildman–Crippen MR) is 121 cm³/mol. The molecule has 1 fully saturated rings. The van der Waals surface area contributed by atoms with E-state index in [1.165, 1.54) is 9.71 Å². The molecule has 1 aliphatic rings. The number of likely N-dealkylation sites (tertiary alicyclic amines) is 1. The van der Waals surface area contributed by atoms with Crippen molar-refractivity contribution in [1.29, 1.82) is 0 Å². The Morgan fingerprint density at radius 1 is 1.27 bits per heavy atom. The molecule has 3 heterocycles. The van der Waals surface area contributed by atoms with Gasteiger partial charge in [-0.3, -0.25) is 9.69 Å². The fourth-order valence-corrected chi connectivity index (χ4v) is 5.34. The second kappa shape index (κ2) is 8.20. The molecule has 6 heteroatoms. The third kappa shape index (κ3) is 3.98. The minimum atomic E-state index is -0.158. The van der Waals surface area contributed by atoms with Crippen LogP contribution in [0.25, 0.3) is 21.2 Å². The summed E-state index contributed by atoms with van der Waals surface area (Å²) in [5, 5.41) is 5.34. The molecule has 0 bridgehead atoms. The number of piperidine rings is 1. The van der Waals surface area contributed by atoms with Gasteiger partial charge in [-0.15, -0.1) is 11.3 Å². The van der Waals surface area contributed by atoms with Crippen LogP contribution in [0.2, 0.25) is 0 Å². The molecule has 154 valence electrons. The van der Waals surface area contributed by atoms with E-state index in [1.54, 1.807) is 11.3 Å². The number of carbonyl (C=O) groups excluding carboxylic acids is 1. The van der Waals surface area contributed by atoms with Crippen molar-refractivity contribution in [1.82, 2.24) is 15.2 Å². The van der Waals surface area contributed by atoms with E-state index in [4.69, 9.17) is 9.40 Å². The number of carbonyl (C=O) groups is 1. The maximum atomic E-state index is 12.7. The van der Waals surface area contributed by atoms with E-state index in [-0.39, 0.29) is 11.9 Å². The summed E-state index contributed by atoms with van der Waals surface area (Å²) < 4.78 is 7.13. The highest BCUT2D eigenvalue weighted by Crippen LogP contribution is 2.33. The van der Waals surface area contributed by atoms with Crippen LogP contribution in [-0.4, -0.2) is 35.4 Å². The van der Waals surface area contributed by atoms with Gasteiger partial charge < -0.3 is 9.73 Å². The molecule has 2 aromatic carbocycles. The molecule has 2 atom stereocenters. The van der Waals surface area contributed by atoms with Crippen LogP contribution < -0.4 is 5.32 Å². The Balaban J connectivity index is 1.21. The lowest BCUT2D eigenvalue weighted by Gasteiger charge is -2.31. The van der Waals surface area contributed by atoms with E-state index in [2.05, 4.69) is 28.4 Å². The first kappa shape index (κ1) is 19.3. The van der Waals surface area contributed by atoms with Gasteiger partial charge in [0.15, 0.2) is 0 Å². The van der Waals surface area contributed by atoms with Crippen molar-refractivity contribution >= 4 is 38.4 Å². The highest BCUT2D eigenvalue weighted by molar-refractivity contribution is 7.18. The number of furan rings is 1. The zero-order chi connectivity index (χ0) is 20.5. The topological polar surface area (TPSA) is 58.4 Å². The average Bonchev–Trinajstić information content (AvgIpc) is 3.38. The van der Waals surface area contributed by atoms with Crippen LogP contribution in [0.1, 0.15) is 42.5 Å². The Hall–Kier alpha value is -2.70. The molecule has 0 spiro atoms. The molecule has 4 aromatic rings. The lowest BCUT2D eigenvalue weighted by Crippen LogP contribution is -2.42. The number of thiazole rings is 1. The Morgan fingerprint density at radius 3 is 2.97 bits per heavy atom. The van der Waals surface area contributed by atoms with Crippen molar-refractivity contribution in [3.8, 4) is 0 Å². The molecule has 30 heavy (non-hydrogen) atoms. The van der Waals surface area contributed by atoms with Gasteiger partial charge >= 0.3 is 0 Å². The zero-order valence-electron chi connectivity index (χ0n) is 17.0. The number of hydrogen-bond acceptors (Lipinski definition) is 5. The maximum absolute atomic E-state index is 12.7. The highest BCUT2D eigenvalue weighted by Gasteiger charge is 2.26.